The Morgan fingerprint density at radius 1 is 1.33 bits per heavy atom. The number of ether oxygens (including phenoxy) is 1. The van der Waals surface area contributed by atoms with Gasteiger partial charge in [0.15, 0.2) is 0 Å². The van der Waals surface area contributed by atoms with Crippen molar-refractivity contribution in [3.8, 4) is 0 Å². The van der Waals surface area contributed by atoms with Gasteiger partial charge < -0.3 is 9.64 Å². The third kappa shape index (κ3) is 2.72. The highest BCUT2D eigenvalue weighted by molar-refractivity contribution is 5.76. The third-order valence-electron chi connectivity index (χ3n) is 2.42. The lowest BCUT2D eigenvalue weighted by Gasteiger charge is -2.22. The Morgan fingerprint density at radius 3 is 2.33 bits per heavy atom. The van der Waals surface area contributed by atoms with Gasteiger partial charge in [-0.3, -0.25) is 4.79 Å². The predicted octanol–water partition coefficient (Wildman–Crippen LogP) is 1.91. The molecule has 0 aliphatic carbocycles. The van der Waals surface area contributed by atoms with Gasteiger partial charge >= 0.3 is 5.97 Å². The second-order valence-corrected chi connectivity index (χ2v) is 3.67. The Bertz CT molecular complexity index is 340. The highest BCUT2D eigenvalue weighted by atomic mass is 16.5. The number of nitrogens with zero attached hydrogens (tertiary/aromatic N) is 1. The number of hydrogen-bond donors (Lipinski definition) is 0. The van der Waals surface area contributed by atoms with Crippen LogP contribution in [0.4, 0.5) is 5.69 Å². The first kappa shape index (κ1) is 11.6. The summed E-state index contributed by atoms with van der Waals surface area (Å²) >= 11 is 0. The number of carbonyl (C=O) groups excluding carboxylic acids is 1. The molecule has 0 N–H and O–H groups in total. The van der Waals surface area contributed by atoms with Gasteiger partial charge in [-0.1, -0.05) is 18.2 Å². The molecule has 0 saturated carbocycles. The van der Waals surface area contributed by atoms with Crippen LogP contribution in [0.15, 0.2) is 18.2 Å². The van der Waals surface area contributed by atoms with Gasteiger partial charge in [0.1, 0.15) is 6.54 Å². The van der Waals surface area contributed by atoms with E-state index >= 15 is 0 Å². The second kappa shape index (κ2) is 4.82. The molecule has 0 bridgehead atoms. The zero-order valence-electron chi connectivity index (χ0n) is 9.70. The molecule has 15 heavy (non-hydrogen) atoms. The SMILES string of the molecule is COC(=O)CN(C)c1c(C)cccc1C. The summed E-state index contributed by atoms with van der Waals surface area (Å²) in [7, 11) is 3.30. The fourth-order valence-corrected chi connectivity index (χ4v) is 1.75. The molecule has 0 aliphatic heterocycles. The molecule has 0 aromatic heterocycles. The van der Waals surface area contributed by atoms with E-state index in [1.165, 1.54) is 18.2 Å². The van der Waals surface area contributed by atoms with Crippen molar-refractivity contribution in [2.24, 2.45) is 0 Å². The first-order chi connectivity index (χ1) is 7.06. The molecule has 3 nitrogen and oxygen atoms in total. The molecule has 0 saturated heterocycles. The van der Waals surface area contributed by atoms with Crippen LogP contribution in [-0.4, -0.2) is 26.7 Å². The summed E-state index contributed by atoms with van der Waals surface area (Å²) in [5.74, 6) is -0.222. The highest BCUT2D eigenvalue weighted by Gasteiger charge is 2.11. The first-order valence-electron chi connectivity index (χ1n) is 4.90. The molecule has 3 heteroatoms. The monoisotopic (exact) mass is 207 g/mol. The van der Waals surface area contributed by atoms with E-state index in [1.54, 1.807) is 0 Å². The van der Waals surface area contributed by atoms with Crippen LogP contribution in [0, 0.1) is 13.8 Å². The molecule has 1 aromatic rings. The molecule has 0 aliphatic rings. The number of aryl methyl sites for hydroxylation is 2. The summed E-state index contributed by atoms with van der Waals surface area (Å²) in [5, 5.41) is 0. The van der Waals surface area contributed by atoms with E-state index in [0.717, 1.165) is 5.69 Å². The number of likely N-dealkylation sites (N-methyl/N-ethyl adjacent to an activating group) is 1. The summed E-state index contributed by atoms with van der Waals surface area (Å²) in [6, 6.07) is 6.09. The Hall–Kier alpha value is -1.51. The number of para-hydroxylation sites is 1. The lowest BCUT2D eigenvalue weighted by molar-refractivity contribution is -0.138. The van der Waals surface area contributed by atoms with Crippen molar-refractivity contribution in [3.05, 3.63) is 29.3 Å². The standard InChI is InChI=1S/C12H17NO2/c1-9-6-5-7-10(2)12(9)13(3)8-11(14)15-4/h5-7H,8H2,1-4H3. The predicted molar refractivity (Wildman–Crippen MR) is 61.2 cm³/mol. The topological polar surface area (TPSA) is 29.5 Å². The quantitative estimate of drug-likeness (QED) is 0.709. The number of esters is 1. The number of hydrogen-bond acceptors (Lipinski definition) is 3. The van der Waals surface area contributed by atoms with Crippen molar-refractivity contribution in [2.75, 3.05) is 25.6 Å². The van der Waals surface area contributed by atoms with E-state index in [0.29, 0.717) is 0 Å². The maximum Gasteiger partial charge on any atom is 0.325 e. The molecule has 1 rings (SSSR count). The number of rotatable bonds is 3. The molecular formula is C12H17NO2. The number of anilines is 1. The van der Waals surface area contributed by atoms with Gasteiger partial charge in [-0.2, -0.15) is 0 Å². The van der Waals surface area contributed by atoms with E-state index < -0.39 is 0 Å². The van der Waals surface area contributed by atoms with Crippen molar-refractivity contribution < 1.29 is 9.53 Å². The number of benzene rings is 1. The lowest BCUT2D eigenvalue weighted by atomic mass is 10.1. The van der Waals surface area contributed by atoms with Gasteiger partial charge in [-0.25, -0.2) is 0 Å². The van der Waals surface area contributed by atoms with Crippen molar-refractivity contribution >= 4 is 11.7 Å². The highest BCUT2D eigenvalue weighted by Crippen LogP contribution is 2.22. The fraction of sp³-hybridized carbons (Fsp3) is 0.417. The fourth-order valence-electron chi connectivity index (χ4n) is 1.75. The minimum Gasteiger partial charge on any atom is -0.468 e. The van der Waals surface area contributed by atoms with Gasteiger partial charge in [0.2, 0.25) is 0 Å². The summed E-state index contributed by atoms with van der Waals surface area (Å²) in [4.78, 5) is 13.1. The summed E-state index contributed by atoms with van der Waals surface area (Å²) in [5.41, 5.74) is 3.44. The Morgan fingerprint density at radius 2 is 1.87 bits per heavy atom. The molecule has 0 fully saturated rings. The van der Waals surface area contributed by atoms with Crippen LogP contribution in [0.1, 0.15) is 11.1 Å². The smallest absolute Gasteiger partial charge is 0.325 e. The molecule has 0 spiro atoms. The maximum atomic E-state index is 11.2. The minimum absolute atomic E-state index is 0.222. The van der Waals surface area contributed by atoms with Gasteiger partial charge in [0.05, 0.1) is 7.11 Å². The van der Waals surface area contributed by atoms with Crippen LogP contribution >= 0.6 is 0 Å². The molecule has 0 heterocycles. The first-order valence-corrected chi connectivity index (χ1v) is 4.90. The van der Waals surface area contributed by atoms with Gasteiger partial charge in [-0.15, -0.1) is 0 Å². The van der Waals surface area contributed by atoms with E-state index in [-0.39, 0.29) is 12.5 Å². The Balaban J connectivity index is 2.90. The summed E-state index contributed by atoms with van der Waals surface area (Å²) < 4.78 is 4.64. The van der Waals surface area contributed by atoms with Crippen LogP contribution in [0.3, 0.4) is 0 Å². The van der Waals surface area contributed by atoms with Crippen molar-refractivity contribution in [3.63, 3.8) is 0 Å². The molecule has 0 amide bonds. The largest absolute Gasteiger partial charge is 0.468 e. The van der Waals surface area contributed by atoms with Gasteiger partial charge in [0.25, 0.3) is 0 Å². The molecule has 0 unspecified atom stereocenters. The second-order valence-electron chi connectivity index (χ2n) is 3.67. The molecule has 82 valence electrons. The molecule has 1 aromatic carbocycles. The average Bonchev–Trinajstić information content (AvgIpc) is 2.17. The zero-order chi connectivity index (χ0) is 11.4. The van der Waals surface area contributed by atoms with Crippen molar-refractivity contribution in [1.82, 2.24) is 0 Å². The zero-order valence-corrected chi connectivity index (χ0v) is 9.70. The maximum absolute atomic E-state index is 11.2. The Labute approximate surface area is 90.7 Å². The summed E-state index contributed by atoms with van der Waals surface area (Å²) in [6.07, 6.45) is 0. The van der Waals surface area contributed by atoms with E-state index in [9.17, 15) is 4.79 Å². The van der Waals surface area contributed by atoms with Gasteiger partial charge in [-0.05, 0) is 25.0 Å². The normalized spacial score (nSPS) is 9.87. The van der Waals surface area contributed by atoms with Crippen LogP contribution in [0.2, 0.25) is 0 Å². The lowest BCUT2D eigenvalue weighted by Crippen LogP contribution is -2.27. The van der Waals surface area contributed by atoms with Crippen molar-refractivity contribution in [2.45, 2.75) is 13.8 Å². The Kier molecular flexibility index (Phi) is 3.72. The van der Waals surface area contributed by atoms with Crippen LogP contribution in [-0.2, 0) is 9.53 Å². The molecular weight excluding hydrogens is 190 g/mol. The summed E-state index contributed by atoms with van der Waals surface area (Å²) in [6.45, 7) is 4.36. The van der Waals surface area contributed by atoms with Gasteiger partial charge in [0, 0.05) is 12.7 Å². The number of carbonyl (C=O) groups is 1. The van der Waals surface area contributed by atoms with E-state index in [2.05, 4.69) is 4.74 Å². The van der Waals surface area contributed by atoms with Crippen LogP contribution < -0.4 is 4.90 Å². The van der Waals surface area contributed by atoms with E-state index in [4.69, 9.17) is 0 Å². The van der Waals surface area contributed by atoms with Crippen LogP contribution in [0.5, 0.6) is 0 Å². The van der Waals surface area contributed by atoms with Crippen molar-refractivity contribution in [1.29, 1.82) is 0 Å². The molecule has 0 atom stereocenters. The van der Waals surface area contributed by atoms with Crippen LogP contribution in [0.25, 0.3) is 0 Å². The minimum atomic E-state index is -0.222. The average molecular weight is 207 g/mol. The third-order valence-corrected chi connectivity index (χ3v) is 2.42. The number of methoxy groups -OCH3 is 1. The molecule has 0 radical (unpaired) electrons. The van der Waals surface area contributed by atoms with E-state index in [1.807, 2.05) is 44.0 Å².